The van der Waals surface area contributed by atoms with Crippen LogP contribution in [0, 0.1) is 22.0 Å². The fourth-order valence-corrected chi connectivity index (χ4v) is 1.33. The van der Waals surface area contributed by atoms with Gasteiger partial charge < -0.3 is 5.32 Å². The van der Waals surface area contributed by atoms with Gasteiger partial charge in [-0.15, -0.1) is 0 Å². The summed E-state index contributed by atoms with van der Waals surface area (Å²) in [6.07, 6.45) is 0. The zero-order chi connectivity index (χ0) is 12.8. The Morgan fingerprint density at radius 1 is 1.59 bits per heavy atom. The third-order valence-corrected chi connectivity index (χ3v) is 2.09. The minimum absolute atomic E-state index is 0.165. The summed E-state index contributed by atoms with van der Waals surface area (Å²) in [6.45, 7) is 1.29. The third kappa shape index (κ3) is 3.89. The molecule has 1 rings (SSSR count). The Kier molecular flexibility index (Phi) is 4.67. The Labute approximate surface area is 106 Å². The summed E-state index contributed by atoms with van der Waals surface area (Å²) in [5.74, 6) is 5.15. The van der Waals surface area contributed by atoms with E-state index in [9.17, 15) is 14.9 Å². The number of benzene rings is 1. The van der Waals surface area contributed by atoms with Crippen LogP contribution < -0.4 is 5.32 Å². The minimum Gasteiger partial charge on any atom is -0.321 e. The van der Waals surface area contributed by atoms with E-state index >= 15 is 0 Å². The summed E-state index contributed by atoms with van der Waals surface area (Å²) in [7, 11) is 0. The standard InChI is InChI=1S/C11H9BrN2O3/c1-8(15)13-10-5-4-9(3-2-6-12)7-11(10)14(16)17/h4-5,7H,6H2,1H3,(H,13,15). The van der Waals surface area contributed by atoms with E-state index < -0.39 is 4.92 Å². The zero-order valence-corrected chi connectivity index (χ0v) is 10.6. The molecular weight excluding hydrogens is 288 g/mol. The van der Waals surface area contributed by atoms with Crippen LogP contribution in [0.15, 0.2) is 18.2 Å². The number of nitro groups is 1. The van der Waals surface area contributed by atoms with Gasteiger partial charge in [-0.3, -0.25) is 14.9 Å². The maximum absolute atomic E-state index is 10.9. The van der Waals surface area contributed by atoms with E-state index in [4.69, 9.17) is 0 Å². The first kappa shape index (κ1) is 13.2. The second-order valence-electron chi connectivity index (χ2n) is 3.11. The second-order valence-corrected chi connectivity index (χ2v) is 3.67. The predicted octanol–water partition coefficient (Wildman–Crippen LogP) is 2.30. The van der Waals surface area contributed by atoms with E-state index in [1.54, 1.807) is 6.07 Å². The Morgan fingerprint density at radius 3 is 2.82 bits per heavy atom. The summed E-state index contributed by atoms with van der Waals surface area (Å²) in [5.41, 5.74) is 0.540. The molecule has 1 aromatic rings. The molecule has 88 valence electrons. The van der Waals surface area contributed by atoms with Crippen molar-refractivity contribution in [2.24, 2.45) is 0 Å². The largest absolute Gasteiger partial charge is 0.321 e. The van der Waals surface area contributed by atoms with E-state index in [0.717, 1.165) is 0 Å². The SMILES string of the molecule is CC(=O)Nc1ccc(C#CCBr)cc1[N+](=O)[O-]. The monoisotopic (exact) mass is 296 g/mol. The molecule has 0 aliphatic carbocycles. The molecule has 5 nitrogen and oxygen atoms in total. The minimum atomic E-state index is -0.551. The van der Waals surface area contributed by atoms with Crippen LogP contribution in [0.5, 0.6) is 0 Å². The average molecular weight is 297 g/mol. The number of carbonyl (C=O) groups is 1. The van der Waals surface area contributed by atoms with Gasteiger partial charge in [-0.05, 0) is 12.1 Å². The summed E-state index contributed by atoms with van der Waals surface area (Å²) < 4.78 is 0. The lowest BCUT2D eigenvalue weighted by Crippen LogP contribution is -2.08. The average Bonchev–Trinajstić information content (AvgIpc) is 2.26. The molecule has 0 fully saturated rings. The van der Waals surface area contributed by atoms with Crippen molar-refractivity contribution in [1.29, 1.82) is 0 Å². The quantitative estimate of drug-likeness (QED) is 0.394. The van der Waals surface area contributed by atoms with Crippen molar-refractivity contribution in [3.05, 3.63) is 33.9 Å². The molecule has 1 N–H and O–H groups in total. The Balaban J connectivity index is 3.17. The lowest BCUT2D eigenvalue weighted by atomic mass is 10.1. The fraction of sp³-hybridized carbons (Fsp3) is 0.182. The van der Waals surface area contributed by atoms with Crippen LogP contribution in [-0.2, 0) is 4.79 Å². The first-order valence-corrected chi connectivity index (χ1v) is 5.77. The number of nitro benzene ring substituents is 1. The highest BCUT2D eigenvalue weighted by atomic mass is 79.9. The number of nitrogens with zero attached hydrogens (tertiary/aromatic N) is 1. The van der Waals surface area contributed by atoms with Crippen molar-refractivity contribution >= 4 is 33.2 Å². The van der Waals surface area contributed by atoms with E-state index in [-0.39, 0.29) is 17.3 Å². The molecule has 17 heavy (non-hydrogen) atoms. The van der Waals surface area contributed by atoms with Crippen LogP contribution in [0.2, 0.25) is 0 Å². The number of amides is 1. The number of nitrogens with one attached hydrogen (secondary N) is 1. The van der Waals surface area contributed by atoms with Crippen LogP contribution in [-0.4, -0.2) is 16.2 Å². The summed E-state index contributed by atoms with van der Waals surface area (Å²) in [5, 5.41) is 13.7. The summed E-state index contributed by atoms with van der Waals surface area (Å²) in [4.78, 5) is 21.2. The van der Waals surface area contributed by atoms with Gasteiger partial charge in [0.25, 0.3) is 5.69 Å². The van der Waals surface area contributed by atoms with Crippen molar-refractivity contribution in [2.45, 2.75) is 6.92 Å². The van der Waals surface area contributed by atoms with Gasteiger partial charge in [-0.1, -0.05) is 27.8 Å². The summed E-state index contributed by atoms with van der Waals surface area (Å²) in [6, 6.07) is 4.42. The number of rotatable bonds is 2. The number of alkyl halides is 1. The van der Waals surface area contributed by atoms with Crippen LogP contribution in [0.1, 0.15) is 12.5 Å². The maximum atomic E-state index is 10.9. The van der Waals surface area contributed by atoms with Gasteiger partial charge in [0.1, 0.15) is 5.69 Å². The number of hydrogen-bond donors (Lipinski definition) is 1. The molecule has 0 aliphatic rings. The predicted molar refractivity (Wildman–Crippen MR) is 68.1 cm³/mol. The molecule has 0 radical (unpaired) electrons. The van der Waals surface area contributed by atoms with Gasteiger partial charge in [-0.25, -0.2) is 0 Å². The third-order valence-electron chi connectivity index (χ3n) is 1.80. The van der Waals surface area contributed by atoms with Gasteiger partial charge in [-0.2, -0.15) is 0 Å². The molecule has 6 heteroatoms. The smallest absolute Gasteiger partial charge is 0.293 e. The van der Waals surface area contributed by atoms with Crippen molar-refractivity contribution in [3.8, 4) is 11.8 Å². The molecular formula is C11H9BrN2O3. The number of carbonyl (C=O) groups excluding carboxylic acids is 1. The molecule has 0 saturated heterocycles. The van der Waals surface area contributed by atoms with Gasteiger partial charge in [0, 0.05) is 18.6 Å². The molecule has 0 spiro atoms. The molecule has 0 heterocycles. The zero-order valence-electron chi connectivity index (χ0n) is 8.99. The molecule has 1 amide bonds. The molecule has 0 atom stereocenters. The Bertz CT molecular complexity index is 517. The van der Waals surface area contributed by atoms with Gasteiger partial charge in [0.15, 0.2) is 0 Å². The lowest BCUT2D eigenvalue weighted by molar-refractivity contribution is -0.383. The van der Waals surface area contributed by atoms with Crippen LogP contribution >= 0.6 is 15.9 Å². The van der Waals surface area contributed by atoms with Crippen LogP contribution in [0.3, 0.4) is 0 Å². The molecule has 0 bridgehead atoms. The highest BCUT2D eigenvalue weighted by Crippen LogP contribution is 2.25. The maximum Gasteiger partial charge on any atom is 0.293 e. The highest BCUT2D eigenvalue weighted by Gasteiger charge is 2.14. The fourth-order valence-electron chi connectivity index (χ4n) is 1.19. The molecule has 1 aromatic carbocycles. The highest BCUT2D eigenvalue weighted by molar-refractivity contribution is 9.09. The Morgan fingerprint density at radius 2 is 2.29 bits per heavy atom. The van der Waals surface area contributed by atoms with Gasteiger partial charge in [0.05, 0.1) is 10.3 Å². The first-order chi connectivity index (χ1) is 8.04. The first-order valence-electron chi connectivity index (χ1n) is 4.65. The molecule has 0 aromatic heterocycles. The van der Waals surface area contributed by atoms with Crippen molar-refractivity contribution < 1.29 is 9.72 Å². The number of hydrogen-bond acceptors (Lipinski definition) is 3. The van der Waals surface area contributed by atoms with Gasteiger partial charge in [0.2, 0.25) is 5.91 Å². The number of anilines is 1. The second kappa shape index (κ2) is 6.01. The van der Waals surface area contributed by atoms with E-state index in [1.165, 1.54) is 19.1 Å². The van der Waals surface area contributed by atoms with E-state index in [0.29, 0.717) is 10.9 Å². The van der Waals surface area contributed by atoms with Gasteiger partial charge >= 0.3 is 0 Å². The molecule has 0 unspecified atom stereocenters. The topological polar surface area (TPSA) is 72.2 Å². The number of halogens is 1. The molecule has 0 aliphatic heterocycles. The van der Waals surface area contributed by atoms with Crippen LogP contribution in [0.4, 0.5) is 11.4 Å². The van der Waals surface area contributed by atoms with Crippen molar-refractivity contribution in [3.63, 3.8) is 0 Å². The Hall–Kier alpha value is -1.87. The van der Waals surface area contributed by atoms with E-state index in [2.05, 4.69) is 33.1 Å². The van der Waals surface area contributed by atoms with E-state index in [1.807, 2.05) is 0 Å². The van der Waals surface area contributed by atoms with Crippen molar-refractivity contribution in [1.82, 2.24) is 0 Å². The lowest BCUT2D eigenvalue weighted by Gasteiger charge is -2.03. The summed E-state index contributed by atoms with van der Waals surface area (Å²) >= 11 is 3.14. The van der Waals surface area contributed by atoms with Crippen LogP contribution in [0.25, 0.3) is 0 Å². The van der Waals surface area contributed by atoms with Crippen molar-refractivity contribution in [2.75, 3.05) is 10.6 Å². The molecule has 0 saturated carbocycles. The normalized spacial score (nSPS) is 9.06.